The number of ether oxygens (including phenoxy) is 1. The first-order chi connectivity index (χ1) is 10.6. The molecule has 0 aromatic heterocycles. The lowest BCUT2D eigenvalue weighted by Gasteiger charge is -2.09. The van der Waals surface area contributed by atoms with E-state index in [0.717, 1.165) is 9.13 Å². The minimum atomic E-state index is -0.541. The number of carbonyl (C=O) groups excluding carboxylic acids is 2. The Labute approximate surface area is 142 Å². The van der Waals surface area contributed by atoms with E-state index >= 15 is 0 Å². The summed E-state index contributed by atoms with van der Waals surface area (Å²) >= 11 is 2.12. The number of amides is 3. The van der Waals surface area contributed by atoms with Crippen LogP contribution in [0.2, 0.25) is 0 Å². The molecule has 0 bridgehead atoms. The van der Waals surface area contributed by atoms with Crippen LogP contribution in [0.25, 0.3) is 0 Å². The molecule has 0 aliphatic carbocycles. The number of nitrogens with one attached hydrogen (secondary N) is 2. The molecule has 114 valence electrons. The van der Waals surface area contributed by atoms with Crippen molar-refractivity contribution in [1.29, 1.82) is 0 Å². The maximum atomic E-state index is 11.7. The highest BCUT2D eigenvalue weighted by Crippen LogP contribution is 2.19. The molecule has 22 heavy (non-hydrogen) atoms. The molecule has 0 aliphatic heterocycles. The number of benzene rings is 2. The number of urea groups is 1. The molecule has 0 unspecified atom stereocenters. The smallest absolute Gasteiger partial charge is 0.321 e. The van der Waals surface area contributed by atoms with Crippen molar-refractivity contribution in [2.75, 3.05) is 6.61 Å². The van der Waals surface area contributed by atoms with Crippen molar-refractivity contribution in [3.8, 4) is 5.75 Å². The first-order valence-corrected chi connectivity index (χ1v) is 7.72. The average molecular weight is 410 g/mol. The highest BCUT2D eigenvalue weighted by atomic mass is 127. The Balaban J connectivity index is 1.72. The fraction of sp³-hybridized carbons (Fsp3) is 0.125. The van der Waals surface area contributed by atoms with Gasteiger partial charge in [0.15, 0.2) is 6.61 Å². The highest BCUT2D eigenvalue weighted by molar-refractivity contribution is 14.1. The van der Waals surface area contributed by atoms with Gasteiger partial charge in [0, 0.05) is 6.54 Å². The van der Waals surface area contributed by atoms with Gasteiger partial charge in [0.05, 0.1) is 3.57 Å². The van der Waals surface area contributed by atoms with Gasteiger partial charge in [-0.25, -0.2) is 4.79 Å². The summed E-state index contributed by atoms with van der Waals surface area (Å²) in [5, 5.41) is 4.83. The second kappa shape index (κ2) is 8.38. The fourth-order valence-electron chi connectivity index (χ4n) is 1.69. The van der Waals surface area contributed by atoms with Crippen molar-refractivity contribution in [2.24, 2.45) is 0 Å². The van der Waals surface area contributed by atoms with Crippen LogP contribution in [0.3, 0.4) is 0 Å². The predicted octanol–water partition coefficient (Wildman–Crippen LogP) is 2.70. The normalized spacial score (nSPS) is 9.86. The van der Waals surface area contributed by atoms with Crippen molar-refractivity contribution < 1.29 is 14.3 Å². The van der Waals surface area contributed by atoms with E-state index in [0.29, 0.717) is 12.3 Å². The van der Waals surface area contributed by atoms with Gasteiger partial charge < -0.3 is 10.1 Å². The van der Waals surface area contributed by atoms with E-state index < -0.39 is 11.9 Å². The molecule has 2 aromatic carbocycles. The fourth-order valence-corrected chi connectivity index (χ4v) is 2.23. The van der Waals surface area contributed by atoms with Gasteiger partial charge in [0.1, 0.15) is 5.75 Å². The van der Waals surface area contributed by atoms with Crippen LogP contribution in [0.15, 0.2) is 54.6 Å². The summed E-state index contributed by atoms with van der Waals surface area (Å²) in [5.74, 6) is 0.119. The molecule has 0 heterocycles. The number of imide groups is 1. The van der Waals surface area contributed by atoms with Gasteiger partial charge in [-0.05, 0) is 40.3 Å². The standard InChI is InChI=1S/C16H15IN2O3/c17-13-8-4-5-9-14(13)22-11-15(20)19-16(21)18-10-12-6-2-1-3-7-12/h1-9H,10-11H2,(H2,18,19,20,21). The van der Waals surface area contributed by atoms with E-state index in [1.165, 1.54) is 0 Å². The summed E-state index contributed by atoms with van der Waals surface area (Å²) in [6.07, 6.45) is 0. The Kier molecular flexibility index (Phi) is 6.20. The van der Waals surface area contributed by atoms with Gasteiger partial charge in [-0.3, -0.25) is 10.1 Å². The largest absolute Gasteiger partial charge is 0.483 e. The van der Waals surface area contributed by atoms with E-state index in [-0.39, 0.29) is 6.61 Å². The molecular weight excluding hydrogens is 395 g/mol. The molecule has 0 saturated heterocycles. The number of rotatable bonds is 5. The van der Waals surface area contributed by atoms with E-state index in [1.807, 2.05) is 48.5 Å². The van der Waals surface area contributed by atoms with Gasteiger partial charge in [-0.2, -0.15) is 0 Å². The van der Waals surface area contributed by atoms with Gasteiger partial charge >= 0.3 is 6.03 Å². The molecule has 5 nitrogen and oxygen atoms in total. The monoisotopic (exact) mass is 410 g/mol. The summed E-state index contributed by atoms with van der Waals surface area (Å²) in [6.45, 7) is 0.149. The van der Waals surface area contributed by atoms with Crippen molar-refractivity contribution in [1.82, 2.24) is 10.6 Å². The molecule has 2 aromatic rings. The number of halogens is 1. The molecule has 0 atom stereocenters. The first-order valence-electron chi connectivity index (χ1n) is 6.64. The summed E-state index contributed by atoms with van der Waals surface area (Å²) in [5.41, 5.74) is 0.959. The molecule has 2 N–H and O–H groups in total. The second-order valence-corrected chi connectivity index (χ2v) is 5.60. The van der Waals surface area contributed by atoms with Crippen molar-refractivity contribution in [3.63, 3.8) is 0 Å². The van der Waals surface area contributed by atoms with E-state index in [4.69, 9.17) is 4.74 Å². The highest BCUT2D eigenvalue weighted by Gasteiger charge is 2.09. The van der Waals surface area contributed by atoms with E-state index in [9.17, 15) is 9.59 Å². The summed E-state index contributed by atoms with van der Waals surface area (Å²) in [6, 6.07) is 16.3. The van der Waals surface area contributed by atoms with Crippen molar-refractivity contribution in [3.05, 3.63) is 63.7 Å². The topological polar surface area (TPSA) is 67.4 Å². The van der Waals surface area contributed by atoms with Crippen LogP contribution < -0.4 is 15.4 Å². The van der Waals surface area contributed by atoms with Crippen LogP contribution in [-0.4, -0.2) is 18.5 Å². The van der Waals surface area contributed by atoms with E-state index in [2.05, 4.69) is 33.2 Å². The molecule has 2 rings (SSSR count). The second-order valence-electron chi connectivity index (χ2n) is 4.44. The maximum Gasteiger partial charge on any atom is 0.321 e. The minimum absolute atomic E-state index is 0.210. The van der Waals surface area contributed by atoms with Crippen molar-refractivity contribution >= 4 is 34.5 Å². The van der Waals surface area contributed by atoms with Crippen LogP contribution in [0.1, 0.15) is 5.56 Å². The average Bonchev–Trinajstić information content (AvgIpc) is 2.53. The lowest BCUT2D eigenvalue weighted by Crippen LogP contribution is -2.41. The molecule has 0 radical (unpaired) electrons. The summed E-state index contributed by atoms with van der Waals surface area (Å²) in [4.78, 5) is 23.3. The minimum Gasteiger partial charge on any atom is -0.483 e. The summed E-state index contributed by atoms with van der Waals surface area (Å²) in [7, 11) is 0. The zero-order chi connectivity index (χ0) is 15.8. The Bertz CT molecular complexity index is 647. The van der Waals surface area contributed by atoms with Gasteiger partial charge in [-0.1, -0.05) is 42.5 Å². The zero-order valence-electron chi connectivity index (χ0n) is 11.7. The lowest BCUT2D eigenvalue weighted by molar-refractivity contribution is -0.122. The Morgan fingerprint density at radius 3 is 2.41 bits per heavy atom. The van der Waals surface area contributed by atoms with Gasteiger partial charge in [-0.15, -0.1) is 0 Å². The molecule has 3 amide bonds. The van der Waals surface area contributed by atoms with Crippen LogP contribution in [0, 0.1) is 3.57 Å². The zero-order valence-corrected chi connectivity index (χ0v) is 13.9. The van der Waals surface area contributed by atoms with Crippen LogP contribution in [0.5, 0.6) is 5.75 Å². The van der Waals surface area contributed by atoms with Gasteiger partial charge in [0.2, 0.25) is 0 Å². The third-order valence-corrected chi connectivity index (χ3v) is 3.64. The number of hydrogen-bond donors (Lipinski definition) is 2. The van der Waals surface area contributed by atoms with Crippen LogP contribution in [0.4, 0.5) is 4.79 Å². The summed E-state index contributed by atoms with van der Waals surface area (Å²) < 4.78 is 6.27. The Hall–Kier alpha value is -2.09. The molecule has 0 saturated carbocycles. The van der Waals surface area contributed by atoms with Crippen LogP contribution in [-0.2, 0) is 11.3 Å². The van der Waals surface area contributed by atoms with E-state index in [1.54, 1.807) is 6.07 Å². The maximum absolute atomic E-state index is 11.7. The third-order valence-electron chi connectivity index (χ3n) is 2.74. The number of carbonyl (C=O) groups is 2. The van der Waals surface area contributed by atoms with Gasteiger partial charge in [0.25, 0.3) is 5.91 Å². The third kappa shape index (κ3) is 5.36. The molecule has 0 aliphatic rings. The predicted molar refractivity (Wildman–Crippen MR) is 91.5 cm³/mol. The molecule has 0 spiro atoms. The SMILES string of the molecule is O=C(COc1ccccc1I)NC(=O)NCc1ccccc1. The molecule has 6 heteroatoms. The first kappa shape index (κ1) is 16.3. The Morgan fingerprint density at radius 1 is 1.00 bits per heavy atom. The number of para-hydroxylation sites is 1. The number of hydrogen-bond acceptors (Lipinski definition) is 3. The van der Waals surface area contributed by atoms with Crippen molar-refractivity contribution in [2.45, 2.75) is 6.54 Å². The lowest BCUT2D eigenvalue weighted by atomic mass is 10.2. The van der Waals surface area contributed by atoms with Crippen LogP contribution >= 0.6 is 22.6 Å². The molecule has 0 fully saturated rings. The molecular formula is C16H15IN2O3. The quantitative estimate of drug-likeness (QED) is 0.746. The Morgan fingerprint density at radius 2 is 1.68 bits per heavy atom.